The Morgan fingerprint density at radius 1 is 1.22 bits per heavy atom. The topological polar surface area (TPSA) is 89.3 Å². The first kappa shape index (κ1) is 25.7. The van der Waals surface area contributed by atoms with Crippen LogP contribution >= 0.6 is 0 Å². The average molecular weight is 495 g/mol. The standard InChI is InChI=1S/C28H35FN4O3/c1-28(2,3)20-8-10-24(29)23(16-20)19(15-26(34)35)14-22-17-25(33(4)32-22)36-13-11-21-9-7-18-6-5-12-30-27(18)31-21/h7-10,16-17,19H,5-6,11-15H2,1-4H3,(H,30,31)(H,34,35). The van der Waals surface area contributed by atoms with Crippen molar-refractivity contribution in [1.29, 1.82) is 0 Å². The molecule has 1 aromatic carbocycles. The summed E-state index contributed by atoms with van der Waals surface area (Å²) in [4.78, 5) is 16.3. The van der Waals surface area contributed by atoms with E-state index >= 15 is 0 Å². The number of carbonyl (C=O) groups is 1. The average Bonchev–Trinajstić information content (AvgIpc) is 3.16. The molecule has 1 aliphatic heterocycles. The number of carboxylic acids is 1. The van der Waals surface area contributed by atoms with Crippen molar-refractivity contribution >= 4 is 11.8 Å². The molecule has 3 aromatic rings. The van der Waals surface area contributed by atoms with Crippen LogP contribution in [0.4, 0.5) is 10.2 Å². The molecule has 4 rings (SSSR count). The predicted molar refractivity (Wildman–Crippen MR) is 137 cm³/mol. The number of aliphatic carboxylic acids is 1. The van der Waals surface area contributed by atoms with Gasteiger partial charge >= 0.3 is 5.97 Å². The van der Waals surface area contributed by atoms with Gasteiger partial charge in [-0.15, -0.1) is 0 Å². The van der Waals surface area contributed by atoms with Crippen LogP contribution in [0.5, 0.6) is 5.88 Å². The van der Waals surface area contributed by atoms with E-state index in [0.717, 1.165) is 36.5 Å². The van der Waals surface area contributed by atoms with Crippen molar-refractivity contribution in [2.45, 2.75) is 64.2 Å². The smallest absolute Gasteiger partial charge is 0.303 e. The lowest BCUT2D eigenvalue weighted by Gasteiger charge is -2.22. The molecular weight excluding hydrogens is 459 g/mol. The van der Waals surface area contributed by atoms with Gasteiger partial charge in [-0.25, -0.2) is 14.1 Å². The Bertz CT molecular complexity index is 1230. The summed E-state index contributed by atoms with van der Waals surface area (Å²) in [5, 5.41) is 17.4. The SMILES string of the molecule is Cn1nc(CC(CC(=O)O)c2cc(C(C)(C)C)ccc2F)cc1OCCc1ccc2c(n1)NCCC2. The lowest BCUT2D eigenvalue weighted by Crippen LogP contribution is -2.15. The van der Waals surface area contributed by atoms with Gasteiger partial charge in [-0.05, 0) is 53.5 Å². The van der Waals surface area contributed by atoms with Gasteiger partial charge < -0.3 is 15.2 Å². The number of nitrogens with one attached hydrogen (secondary N) is 1. The normalized spacial score (nSPS) is 14.1. The number of hydrogen-bond donors (Lipinski definition) is 2. The van der Waals surface area contributed by atoms with Gasteiger partial charge in [-0.3, -0.25) is 4.79 Å². The molecule has 0 spiro atoms. The summed E-state index contributed by atoms with van der Waals surface area (Å²) in [7, 11) is 1.78. The van der Waals surface area contributed by atoms with E-state index in [1.54, 1.807) is 23.9 Å². The Labute approximate surface area is 211 Å². The number of aryl methyl sites for hydroxylation is 2. The summed E-state index contributed by atoms with van der Waals surface area (Å²) in [6, 6.07) is 11.0. The van der Waals surface area contributed by atoms with E-state index < -0.39 is 17.7 Å². The molecule has 0 fully saturated rings. The van der Waals surface area contributed by atoms with Crippen LogP contribution in [0.1, 0.15) is 67.6 Å². The Morgan fingerprint density at radius 2 is 2.03 bits per heavy atom. The number of ether oxygens (including phenoxy) is 1. The van der Waals surface area contributed by atoms with E-state index in [1.165, 1.54) is 11.6 Å². The molecular formula is C28H35FN4O3. The molecule has 36 heavy (non-hydrogen) atoms. The van der Waals surface area contributed by atoms with Crippen molar-refractivity contribution in [1.82, 2.24) is 14.8 Å². The van der Waals surface area contributed by atoms with Crippen molar-refractivity contribution in [3.8, 4) is 5.88 Å². The van der Waals surface area contributed by atoms with E-state index in [1.807, 2.05) is 12.1 Å². The minimum atomic E-state index is -0.972. The zero-order chi connectivity index (χ0) is 25.9. The lowest BCUT2D eigenvalue weighted by atomic mass is 9.82. The minimum Gasteiger partial charge on any atom is -0.481 e. The van der Waals surface area contributed by atoms with Crippen molar-refractivity contribution in [3.63, 3.8) is 0 Å². The molecule has 8 heteroatoms. The van der Waals surface area contributed by atoms with Crippen LogP contribution in [0, 0.1) is 5.82 Å². The molecule has 1 aliphatic rings. The van der Waals surface area contributed by atoms with Crippen molar-refractivity contribution in [3.05, 3.63) is 70.3 Å². The molecule has 0 saturated heterocycles. The van der Waals surface area contributed by atoms with E-state index in [4.69, 9.17) is 9.72 Å². The third-order valence-corrected chi connectivity index (χ3v) is 6.63. The molecule has 3 heterocycles. The van der Waals surface area contributed by atoms with Crippen LogP contribution in [-0.2, 0) is 36.5 Å². The number of benzene rings is 1. The number of halogens is 1. The van der Waals surface area contributed by atoms with Crippen LogP contribution in [0.15, 0.2) is 36.4 Å². The van der Waals surface area contributed by atoms with Crippen molar-refractivity contribution in [2.24, 2.45) is 7.05 Å². The summed E-state index contributed by atoms with van der Waals surface area (Å²) in [6.45, 7) is 7.54. The molecule has 0 aliphatic carbocycles. The maximum absolute atomic E-state index is 14.8. The molecule has 7 nitrogen and oxygen atoms in total. The number of aromatic nitrogens is 3. The summed E-state index contributed by atoms with van der Waals surface area (Å²) in [5.41, 5.74) is 4.07. The Balaban J connectivity index is 1.45. The fourth-order valence-corrected chi connectivity index (χ4v) is 4.59. The van der Waals surface area contributed by atoms with E-state index in [2.05, 4.69) is 37.3 Å². The van der Waals surface area contributed by atoms with Gasteiger partial charge in [0.15, 0.2) is 0 Å². The van der Waals surface area contributed by atoms with E-state index in [0.29, 0.717) is 36.6 Å². The van der Waals surface area contributed by atoms with Crippen LogP contribution < -0.4 is 10.1 Å². The predicted octanol–water partition coefficient (Wildman–Crippen LogP) is 5.03. The van der Waals surface area contributed by atoms with Crippen LogP contribution in [-0.4, -0.2) is 39.0 Å². The van der Waals surface area contributed by atoms with Gasteiger partial charge in [-0.2, -0.15) is 5.10 Å². The molecule has 0 radical (unpaired) electrons. The highest BCUT2D eigenvalue weighted by atomic mass is 19.1. The van der Waals surface area contributed by atoms with Gasteiger partial charge in [0, 0.05) is 37.7 Å². The summed E-state index contributed by atoms with van der Waals surface area (Å²) in [6.07, 6.45) is 2.95. The lowest BCUT2D eigenvalue weighted by molar-refractivity contribution is -0.137. The zero-order valence-electron chi connectivity index (χ0n) is 21.5. The highest BCUT2D eigenvalue weighted by Gasteiger charge is 2.24. The Kier molecular flexibility index (Phi) is 7.62. The Hall–Kier alpha value is -3.42. The molecule has 0 amide bonds. The fourth-order valence-electron chi connectivity index (χ4n) is 4.59. The van der Waals surface area contributed by atoms with Gasteiger partial charge in [0.1, 0.15) is 11.6 Å². The third-order valence-electron chi connectivity index (χ3n) is 6.63. The van der Waals surface area contributed by atoms with Gasteiger partial charge in [0.05, 0.1) is 18.7 Å². The molecule has 1 unspecified atom stereocenters. The second-order valence-electron chi connectivity index (χ2n) is 10.5. The van der Waals surface area contributed by atoms with Crippen molar-refractivity contribution < 1.29 is 19.0 Å². The monoisotopic (exact) mass is 494 g/mol. The summed E-state index contributed by atoms with van der Waals surface area (Å²) >= 11 is 0. The number of rotatable bonds is 9. The summed E-state index contributed by atoms with van der Waals surface area (Å²) < 4.78 is 22.4. The molecule has 192 valence electrons. The largest absolute Gasteiger partial charge is 0.481 e. The first-order chi connectivity index (χ1) is 17.1. The molecule has 0 saturated carbocycles. The van der Waals surface area contributed by atoms with Crippen molar-refractivity contribution in [2.75, 3.05) is 18.5 Å². The second-order valence-corrected chi connectivity index (χ2v) is 10.5. The summed E-state index contributed by atoms with van der Waals surface area (Å²) in [5.74, 6) is -0.360. The fraction of sp³-hybridized carbons (Fsp3) is 0.464. The van der Waals surface area contributed by atoms with Crippen LogP contribution in [0.2, 0.25) is 0 Å². The molecule has 2 N–H and O–H groups in total. The Morgan fingerprint density at radius 3 is 2.78 bits per heavy atom. The van der Waals surface area contributed by atoms with Crippen LogP contribution in [0.3, 0.4) is 0 Å². The highest BCUT2D eigenvalue weighted by molar-refractivity contribution is 5.68. The van der Waals surface area contributed by atoms with E-state index in [9.17, 15) is 14.3 Å². The number of nitrogens with zero attached hydrogens (tertiary/aromatic N) is 3. The quantitative estimate of drug-likeness (QED) is 0.434. The molecule has 2 aromatic heterocycles. The van der Waals surface area contributed by atoms with E-state index in [-0.39, 0.29) is 11.8 Å². The number of anilines is 1. The van der Waals surface area contributed by atoms with Gasteiger partial charge in [0.25, 0.3) is 0 Å². The van der Waals surface area contributed by atoms with Crippen LogP contribution in [0.25, 0.3) is 0 Å². The zero-order valence-corrected chi connectivity index (χ0v) is 21.5. The molecule has 1 atom stereocenters. The number of hydrogen-bond acceptors (Lipinski definition) is 5. The molecule has 0 bridgehead atoms. The minimum absolute atomic E-state index is 0.175. The number of pyridine rings is 1. The highest BCUT2D eigenvalue weighted by Crippen LogP contribution is 2.32. The van der Waals surface area contributed by atoms with Gasteiger partial charge in [0.2, 0.25) is 5.88 Å². The maximum Gasteiger partial charge on any atom is 0.303 e. The maximum atomic E-state index is 14.8. The number of carboxylic acid groups (broad SMARTS) is 1. The second kappa shape index (κ2) is 10.7. The number of fused-ring (bicyclic) bond motifs is 1. The third kappa shape index (κ3) is 6.22. The van der Waals surface area contributed by atoms with Gasteiger partial charge in [-0.1, -0.05) is 39.0 Å². The first-order valence-electron chi connectivity index (χ1n) is 12.5. The first-order valence-corrected chi connectivity index (χ1v) is 12.5.